The molecule has 48 heavy (non-hydrogen) atoms. The van der Waals surface area contributed by atoms with Gasteiger partial charge < -0.3 is 14.5 Å². The molecule has 2 unspecified atom stereocenters. The van der Waals surface area contributed by atoms with Crippen LogP contribution in [0.15, 0.2) is 71.7 Å². The number of halogens is 5. The fourth-order valence-electron chi connectivity index (χ4n) is 6.52. The van der Waals surface area contributed by atoms with E-state index in [-0.39, 0.29) is 35.7 Å². The first-order valence-electron chi connectivity index (χ1n) is 16.0. The van der Waals surface area contributed by atoms with Crippen LogP contribution in [0.1, 0.15) is 54.1 Å². The van der Waals surface area contributed by atoms with Crippen molar-refractivity contribution in [1.29, 1.82) is 0 Å². The SMILES string of the molecule is CCOc1cc(C(F)(F)F)ccc1C1=NC(c2ccc(Cl)cc2)C(c2ccc(Cl)cc2)N1C(=O)N1CCN(CC(=O)N2CCCC2)CC1. The van der Waals surface area contributed by atoms with Crippen molar-refractivity contribution in [2.24, 2.45) is 4.99 Å². The highest BCUT2D eigenvalue weighted by molar-refractivity contribution is 6.30. The molecule has 3 aromatic rings. The second-order valence-corrected chi connectivity index (χ2v) is 13.0. The molecule has 2 saturated heterocycles. The van der Waals surface area contributed by atoms with Crippen LogP contribution >= 0.6 is 23.2 Å². The lowest BCUT2D eigenvalue weighted by Crippen LogP contribution is -2.55. The molecule has 3 aliphatic heterocycles. The molecule has 0 radical (unpaired) electrons. The van der Waals surface area contributed by atoms with E-state index >= 15 is 0 Å². The van der Waals surface area contributed by atoms with Crippen LogP contribution < -0.4 is 4.74 Å². The first-order chi connectivity index (χ1) is 23.0. The number of carbonyl (C=O) groups excluding carboxylic acids is 2. The summed E-state index contributed by atoms with van der Waals surface area (Å²) < 4.78 is 47.1. The molecule has 8 nitrogen and oxygen atoms in total. The summed E-state index contributed by atoms with van der Waals surface area (Å²) in [6, 6.07) is 15.9. The maximum absolute atomic E-state index is 14.7. The molecule has 0 spiro atoms. The van der Waals surface area contributed by atoms with Crippen LogP contribution in [-0.4, -0.2) is 89.8 Å². The lowest BCUT2D eigenvalue weighted by Gasteiger charge is -2.39. The molecule has 254 valence electrons. The van der Waals surface area contributed by atoms with Crippen LogP contribution in [0.25, 0.3) is 0 Å². The number of hydrogen-bond acceptors (Lipinski definition) is 5. The summed E-state index contributed by atoms with van der Waals surface area (Å²) in [6.07, 6.45) is -2.56. The smallest absolute Gasteiger partial charge is 0.416 e. The Morgan fingerprint density at radius 3 is 2.02 bits per heavy atom. The van der Waals surface area contributed by atoms with Crippen LogP contribution in [0.2, 0.25) is 10.0 Å². The van der Waals surface area contributed by atoms with Gasteiger partial charge in [-0.3, -0.25) is 19.6 Å². The van der Waals surface area contributed by atoms with Crippen molar-refractivity contribution in [3.05, 3.63) is 99.0 Å². The Kier molecular flexibility index (Phi) is 10.2. The molecule has 0 saturated carbocycles. The van der Waals surface area contributed by atoms with E-state index in [0.29, 0.717) is 42.8 Å². The number of nitrogens with zero attached hydrogens (tertiary/aromatic N) is 5. The van der Waals surface area contributed by atoms with E-state index in [1.54, 1.807) is 41.0 Å². The van der Waals surface area contributed by atoms with E-state index in [1.165, 1.54) is 6.07 Å². The highest BCUT2D eigenvalue weighted by Gasteiger charge is 2.45. The number of hydrogen-bond donors (Lipinski definition) is 0. The van der Waals surface area contributed by atoms with Crippen molar-refractivity contribution in [3.8, 4) is 5.75 Å². The van der Waals surface area contributed by atoms with E-state index in [2.05, 4.69) is 4.90 Å². The Bertz CT molecular complexity index is 1660. The molecule has 2 fully saturated rings. The van der Waals surface area contributed by atoms with Crippen LogP contribution in [-0.2, 0) is 11.0 Å². The van der Waals surface area contributed by atoms with Crippen LogP contribution in [0, 0.1) is 0 Å². The van der Waals surface area contributed by atoms with Gasteiger partial charge >= 0.3 is 12.2 Å². The Balaban J connectivity index is 1.38. The van der Waals surface area contributed by atoms with Crippen molar-refractivity contribution in [1.82, 2.24) is 19.6 Å². The minimum Gasteiger partial charge on any atom is -0.493 e. The number of urea groups is 1. The molecule has 3 heterocycles. The summed E-state index contributed by atoms with van der Waals surface area (Å²) in [5, 5.41) is 1.04. The Hall–Kier alpha value is -3.80. The summed E-state index contributed by atoms with van der Waals surface area (Å²) in [5.74, 6) is 0.269. The summed E-state index contributed by atoms with van der Waals surface area (Å²) in [7, 11) is 0. The molecule has 0 bridgehead atoms. The van der Waals surface area contributed by atoms with Crippen molar-refractivity contribution in [2.75, 3.05) is 52.4 Å². The largest absolute Gasteiger partial charge is 0.493 e. The monoisotopic (exact) mass is 701 g/mol. The Morgan fingerprint density at radius 2 is 1.44 bits per heavy atom. The van der Waals surface area contributed by atoms with Gasteiger partial charge in [-0.25, -0.2) is 4.79 Å². The topological polar surface area (TPSA) is 68.7 Å². The van der Waals surface area contributed by atoms with Gasteiger partial charge in [0.25, 0.3) is 0 Å². The third kappa shape index (κ3) is 7.28. The van der Waals surface area contributed by atoms with Gasteiger partial charge in [-0.2, -0.15) is 13.2 Å². The minimum atomic E-state index is -4.59. The first-order valence-corrected chi connectivity index (χ1v) is 16.8. The zero-order valence-corrected chi connectivity index (χ0v) is 27.9. The molecule has 3 amide bonds. The van der Waals surface area contributed by atoms with Crippen LogP contribution in [0.5, 0.6) is 5.75 Å². The molecule has 0 aromatic heterocycles. The summed E-state index contributed by atoms with van der Waals surface area (Å²) in [4.78, 5) is 39.8. The maximum Gasteiger partial charge on any atom is 0.416 e. The molecule has 3 aromatic carbocycles. The zero-order valence-electron chi connectivity index (χ0n) is 26.4. The van der Waals surface area contributed by atoms with E-state index in [4.69, 9.17) is 32.9 Å². The number of aliphatic imine (C=N–C) groups is 1. The molecule has 3 aliphatic rings. The van der Waals surface area contributed by atoms with Crippen LogP contribution in [0.4, 0.5) is 18.0 Å². The fourth-order valence-corrected chi connectivity index (χ4v) is 6.77. The molecule has 6 rings (SSSR count). The second kappa shape index (κ2) is 14.4. The van der Waals surface area contributed by atoms with Gasteiger partial charge in [0, 0.05) is 49.3 Å². The first kappa shape index (κ1) is 34.1. The summed E-state index contributed by atoms with van der Waals surface area (Å²) in [5.41, 5.74) is 0.909. The Morgan fingerprint density at radius 1 is 0.833 bits per heavy atom. The summed E-state index contributed by atoms with van der Waals surface area (Å²) >= 11 is 12.5. The number of likely N-dealkylation sites (tertiary alicyclic amines) is 1. The number of carbonyl (C=O) groups is 2. The lowest BCUT2D eigenvalue weighted by molar-refractivity contribution is -0.137. The molecule has 13 heteroatoms. The van der Waals surface area contributed by atoms with Crippen molar-refractivity contribution < 1.29 is 27.5 Å². The van der Waals surface area contributed by atoms with Gasteiger partial charge in [-0.15, -0.1) is 0 Å². The molecule has 0 N–H and O–H groups in total. The summed E-state index contributed by atoms with van der Waals surface area (Å²) in [6.45, 7) is 5.38. The Labute approximate surface area is 287 Å². The standard InChI is InChI=1S/C35H36Cl2F3N5O3/c1-2-48-29-21-25(35(38,39)40)9-14-28(29)33-41-31(23-5-10-26(36)11-6-23)32(24-7-12-27(37)13-8-24)45(33)34(47)44-19-17-42(18-20-44)22-30(46)43-15-3-4-16-43/h5-14,21,31-32H,2-4,15-20,22H2,1H3. The molecular weight excluding hydrogens is 666 g/mol. The fraction of sp³-hybridized carbons (Fsp3) is 0.400. The van der Waals surface area contributed by atoms with Gasteiger partial charge in [-0.1, -0.05) is 47.5 Å². The van der Waals surface area contributed by atoms with E-state index in [9.17, 15) is 22.8 Å². The zero-order chi connectivity index (χ0) is 34.0. The number of rotatable bonds is 7. The molecule has 0 aliphatic carbocycles. The highest BCUT2D eigenvalue weighted by Crippen LogP contribution is 2.46. The van der Waals surface area contributed by atoms with E-state index < -0.39 is 23.8 Å². The third-order valence-corrected chi connectivity index (χ3v) is 9.51. The van der Waals surface area contributed by atoms with E-state index in [1.807, 2.05) is 29.2 Å². The van der Waals surface area contributed by atoms with E-state index in [0.717, 1.165) is 49.2 Å². The van der Waals surface area contributed by atoms with Gasteiger partial charge in [0.2, 0.25) is 5.91 Å². The predicted octanol–water partition coefficient (Wildman–Crippen LogP) is 7.32. The normalized spacial score (nSPS) is 20.3. The maximum atomic E-state index is 14.7. The molecular formula is C35H36Cl2F3N5O3. The lowest BCUT2D eigenvalue weighted by atomic mass is 9.93. The number of ether oxygens (including phenoxy) is 1. The van der Waals surface area contributed by atoms with Gasteiger partial charge in [0.05, 0.1) is 30.3 Å². The van der Waals surface area contributed by atoms with Crippen molar-refractivity contribution >= 4 is 41.0 Å². The molecule has 2 atom stereocenters. The van der Waals surface area contributed by atoms with Gasteiger partial charge in [0.15, 0.2) is 0 Å². The average Bonchev–Trinajstić information content (AvgIpc) is 3.75. The predicted molar refractivity (Wildman–Crippen MR) is 179 cm³/mol. The number of piperazine rings is 1. The second-order valence-electron chi connectivity index (χ2n) is 12.1. The van der Waals surface area contributed by atoms with Crippen molar-refractivity contribution in [2.45, 2.75) is 38.0 Å². The number of amidine groups is 1. The third-order valence-electron chi connectivity index (χ3n) is 9.01. The number of amides is 3. The van der Waals surface area contributed by atoms with Gasteiger partial charge in [-0.05, 0) is 73.4 Å². The highest BCUT2D eigenvalue weighted by atomic mass is 35.5. The minimum absolute atomic E-state index is 0.0271. The van der Waals surface area contributed by atoms with Crippen LogP contribution in [0.3, 0.4) is 0 Å². The number of benzene rings is 3. The quantitative estimate of drug-likeness (QED) is 0.259. The van der Waals surface area contributed by atoms with Gasteiger partial charge in [0.1, 0.15) is 17.6 Å². The van der Waals surface area contributed by atoms with Crippen molar-refractivity contribution in [3.63, 3.8) is 0 Å². The average molecular weight is 703 g/mol. The number of alkyl halides is 3.